The van der Waals surface area contributed by atoms with Gasteiger partial charge in [0.25, 0.3) is 5.91 Å². The molecule has 14 heteroatoms. The highest BCUT2D eigenvalue weighted by molar-refractivity contribution is 7.09. The average molecular weight is 743 g/mol. The second-order valence-electron chi connectivity index (χ2n) is 12.5. The van der Waals surface area contributed by atoms with E-state index in [-0.39, 0.29) is 25.7 Å². The zero-order chi connectivity index (χ0) is 37.7. The minimum absolute atomic E-state index is 0.0283. The molecule has 0 aliphatic carbocycles. The number of nitrogens with one attached hydrogen (secondary N) is 4. The van der Waals surface area contributed by atoms with Crippen molar-refractivity contribution in [2.24, 2.45) is 0 Å². The van der Waals surface area contributed by atoms with Gasteiger partial charge in [0.15, 0.2) is 18.1 Å². The van der Waals surface area contributed by atoms with Crippen LogP contribution in [0.1, 0.15) is 28.0 Å². The third-order valence-corrected chi connectivity index (χ3v) is 9.60. The zero-order valence-electron chi connectivity index (χ0n) is 29.3. The van der Waals surface area contributed by atoms with Gasteiger partial charge < -0.3 is 40.6 Å². The van der Waals surface area contributed by atoms with Crippen molar-refractivity contribution in [1.82, 2.24) is 21.3 Å². The second-order valence-corrected chi connectivity index (χ2v) is 13.5. The third kappa shape index (κ3) is 11.0. The number of carbonyl (C=O) groups excluding carboxylic acids is 4. The van der Waals surface area contributed by atoms with Gasteiger partial charge in [0, 0.05) is 24.1 Å². The quantitative estimate of drug-likeness (QED) is 0.153. The van der Waals surface area contributed by atoms with Crippen molar-refractivity contribution >= 4 is 40.9 Å². The van der Waals surface area contributed by atoms with E-state index >= 15 is 0 Å². The van der Waals surface area contributed by atoms with Gasteiger partial charge >= 0.3 is 5.97 Å². The van der Waals surface area contributed by atoms with Gasteiger partial charge in [-0.2, -0.15) is 0 Å². The maximum absolute atomic E-state index is 14.2. The number of rotatable bonds is 10. The molecule has 4 amide bonds. The molecule has 0 radical (unpaired) electrons. The highest BCUT2D eigenvalue weighted by Gasteiger charge is 2.32. The number of ether oxygens (including phenoxy) is 3. The Labute approximate surface area is 311 Å². The summed E-state index contributed by atoms with van der Waals surface area (Å²) in [6.45, 7) is -0.403. The standard InChI is InChI=1S/C39H42N4O9S/c1-50-33-17-13-26(21-34(33)51-2)20-30-37(46)41-29(16-12-24-7-4-3-5-8-24)36(45)43-32(39(48)49)19-25-10-14-27(15-11-25)52-23-35(44)40-31(38(47)42-30)22-28-9-6-18-53-28/h3-11,13-15,17-18,21,29-32H,12,16,19-20,22-23H2,1-2H3,(H,40,44)(H,41,46)(H,42,47)(H,43,45)(H,48,49). The minimum atomic E-state index is -1.32. The van der Waals surface area contributed by atoms with Crippen molar-refractivity contribution in [3.8, 4) is 17.2 Å². The Balaban J connectivity index is 1.51. The van der Waals surface area contributed by atoms with Crippen LogP contribution in [0.25, 0.3) is 0 Å². The van der Waals surface area contributed by atoms with E-state index in [9.17, 15) is 29.1 Å². The summed E-state index contributed by atoms with van der Waals surface area (Å²) in [5.41, 5.74) is 2.11. The van der Waals surface area contributed by atoms with Crippen LogP contribution in [-0.4, -0.2) is 79.7 Å². The van der Waals surface area contributed by atoms with Crippen molar-refractivity contribution in [1.29, 1.82) is 0 Å². The molecule has 4 atom stereocenters. The van der Waals surface area contributed by atoms with E-state index in [0.29, 0.717) is 34.8 Å². The molecule has 1 aromatic heterocycles. The van der Waals surface area contributed by atoms with E-state index in [1.807, 2.05) is 47.8 Å². The predicted molar refractivity (Wildman–Crippen MR) is 197 cm³/mol. The number of aliphatic carboxylic acids is 1. The molecule has 0 saturated heterocycles. The van der Waals surface area contributed by atoms with E-state index in [2.05, 4.69) is 21.3 Å². The molecule has 4 unspecified atom stereocenters. The molecule has 278 valence electrons. The summed E-state index contributed by atoms with van der Waals surface area (Å²) in [5.74, 6) is -2.62. The number of carbonyl (C=O) groups is 5. The number of hydrogen-bond donors (Lipinski definition) is 5. The van der Waals surface area contributed by atoms with Gasteiger partial charge in [0.1, 0.15) is 29.9 Å². The molecule has 3 heterocycles. The maximum atomic E-state index is 14.2. The molecule has 0 spiro atoms. The Hall–Kier alpha value is -5.89. The summed E-state index contributed by atoms with van der Waals surface area (Å²) in [6.07, 6.45) is 0.588. The zero-order valence-corrected chi connectivity index (χ0v) is 30.2. The van der Waals surface area contributed by atoms with Gasteiger partial charge in [-0.15, -0.1) is 11.3 Å². The molecule has 2 aliphatic heterocycles. The van der Waals surface area contributed by atoms with Gasteiger partial charge in [-0.25, -0.2) is 4.79 Å². The van der Waals surface area contributed by atoms with Crippen LogP contribution < -0.4 is 35.5 Å². The van der Waals surface area contributed by atoms with Crippen molar-refractivity contribution in [3.05, 3.63) is 112 Å². The molecule has 2 bridgehead atoms. The number of carboxylic acid groups (broad SMARTS) is 1. The Morgan fingerprint density at radius 1 is 0.755 bits per heavy atom. The number of thiophene rings is 1. The van der Waals surface area contributed by atoms with E-state index in [1.54, 1.807) is 42.5 Å². The largest absolute Gasteiger partial charge is 0.493 e. The van der Waals surface area contributed by atoms with E-state index in [4.69, 9.17) is 14.2 Å². The number of methoxy groups -OCH3 is 2. The van der Waals surface area contributed by atoms with Crippen LogP contribution in [0.4, 0.5) is 0 Å². The van der Waals surface area contributed by atoms with Crippen LogP contribution in [0.3, 0.4) is 0 Å². The Kier molecular flexibility index (Phi) is 13.4. The monoisotopic (exact) mass is 742 g/mol. The molecule has 53 heavy (non-hydrogen) atoms. The maximum Gasteiger partial charge on any atom is 0.326 e. The third-order valence-electron chi connectivity index (χ3n) is 8.70. The normalized spacial score (nSPS) is 20.0. The number of amides is 4. The molecule has 6 rings (SSSR count). The summed E-state index contributed by atoms with van der Waals surface area (Å²) < 4.78 is 16.5. The van der Waals surface area contributed by atoms with Crippen LogP contribution in [0.2, 0.25) is 0 Å². The fraction of sp³-hybridized carbons (Fsp3) is 0.308. The van der Waals surface area contributed by atoms with Crippen LogP contribution in [0.15, 0.2) is 90.3 Å². The number of carboxylic acids is 1. The molecular formula is C39H42N4O9S. The van der Waals surface area contributed by atoms with Gasteiger partial charge in [0.05, 0.1) is 14.2 Å². The topological polar surface area (TPSA) is 181 Å². The highest BCUT2D eigenvalue weighted by atomic mass is 32.1. The molecule has 0 saturated carbocycles. The van der Waals surface area contributed by atoms with Crippen molar-refractivity contribution in [2.75, 3.05) is 20.8 Å². The van der Waals surface area contributed by atoms with Crippen molar-refractivity contribution in [3.63, 3.8) is 0 Å². The molecule has 4 aromatic rings. The SMILES string of the molecule is COc1ccc(CC2NC(=O)C(Cc3cccs3)NC(=O)COc3ccc(cc3)CC(C(=O)O)NC(=O)C(CCc3ccccc3)NC2=O)cc1OC. The van der Waals surface area contributed by atoms with Crippen molar-refractivity contribution in [2.45, 2.75) is 56.3 Å². The second kappa shape index (κ2) is 18.6. The first kappa shape index (κ1) is 38.3. The van der Waals surface area contributed by atoms with Crippen molar-refractivity contribution < 1.29 is 43.3 Å². The lowest BCUT2D eigenvalue weighted by Crippen LogP contribution is -2.59. The highest BCUT2D eigenvalue weighted by Crippen LogP contribution is 2.28. The van der Waals surface area contributed by atoms with Crippen LogP contribution in [0, 0.1) is 0 Å². The number of benzene rings is 3. The average Bonchev–Trinajstić information content (AvgIpc) is 3.68. The Morgan fingerprint density at radius 3 is 2.09 bits per heavy atom. The summed E-state index contributed by atoms with van der Waals surface area (Å²) in [6, 6.07) is 19.8. The van der Waals surface area contributed by atoms with Crippen LogP contribution in [0.5, 0.6) is 17.2 Å². The lowest BCUT2D eigenvalue weighted by Gasteiger charge is -2.26. The summed E-state index contributed by atoms with van der Waals surface area (Å²) >= 11 is 1.41. The van der Waals surface area contributed by atoms with E-state index in [1.165, 1.54) is 25.6 Å². The lowest BCUT2D eigenvalue weighted by atomic mass is 10.0. The smallest absolute Gasteiger partial charge is 0.326 e. The number of aryl methyl sites for hydroxylation is 1. The Morgan fingerprint density at radius 2 is 1.43 bits per heavy atom. The fourth-order valence-corrected chi connectivity index (χ4v) is 6.63. The molecule has 0 fully saturated rings. The molecule has 5 N–H and O–H groups in total. The summed E-state index contributed by atoms with van der Waals surface area (Å²) in [5, 5.41) is 22.9. The molecular weight excluding hydrogens is 701 g/mol. The fourth-order valence-electron chi connectivity index (χ4n) is 5.88. The molecule has 3 aromatic carbocycles. The van der Waals surface area contributed by atoms with Crippen LogP contribution >= 0.6 is 11.3 Å². The first-order valence-corrected chi connectivity index (χ1v) is 17.9. The van der Waals surface area contributed by atoms with Gasteiger partial charge in [0.2, 0.25) is 17.7 Å². The number of fused-ring (bicyclic) bond motifs is 16. The Bertz CT molecular complexity index is 1870. The predicted octanol–water partition coefficient (Wildman–Crippen LogP) is 2.84. The van der Waals surface area contributed by atoms with Gasteiger partial charge in [-0.1, -0.05) is 54.6 Å². The van der Waals surface area contributed by atoms with Gasteiger partial charge in [-0.05, 0) is 65.2 Å². The number of hydrogen-bond acceptors (Lipinski definition) is 9. The van der Waals surface area contributed by atoms with Gasteiger partial charge in [-0.3, -0.25) is 19.2 Å². The minimum Gasteiger partial charge on any atom is -0.493 e. The van der Waals surface area contributed by atoms with E-state index in [0.717, 1.165) is 10.4 Å². The summed E-state index contributed by atoms with van der Waals surface area (Å²) in [4.78, 5) is 68.5. The lowest BCUT2D eigenvalue weighted by molar-refractivity contribution is -0.142. The molecule has 2 aliphatic rings. The first-order valence-electron chi connectivity index (χ1n) is 17.0. The first-order chi connectivity index (χ1) is 25.6. The molecule has 13 nitrogen and oxygen atoms in total. The van der Waals surface area contributed by atoms with E-state index < -0.39 is 60.4 Å². The summed E-state index contributed by atoms with van der Waals surface area (Å²) in [7, 11) is 2.97. The van der Waals surface area contributed by atoms with Crippen LogP contribution in [-0.2, 0) is 49.7 Å².